The first kappa shape index (κ1) is 31.8. The van der Waals surface area contributed by atoms with Crippen LogP contribution in [-0.4, -0.2) is 73.5 Å². The highest BCUT2D eigenvalue weighted by Gasteiger charge is 2.42. The maximum atomic E-state index is 13.4. The molecule has 1 aliphatic rings. The van der Waals surface area contributed by atoms with Crippen LogP contribution >= 0.6 is 0 Å². The van der Waals surface area contributed by atoms with Gasteiger partial charge in [0.15, 0.2) is 29.3 Å². The Morgan fingerprint density at radius 3 is 2.45 bits per heavy atom. The molecule has 0 saturated carbocycles. The van der Waals surface area contributed by atoms with Gasteiger partial charge in [-0.3, -0.25) is 19.2 Å². The molecule has 1 saturated heterocycles. The van der Waals surface area contributed by atoms with E-state index < -0.39 is 73.3 Å². The lowest BCUT2D eigenvalue weighted by Crippen LogP contribution is -2.47. The largest absolute Gasteiger partial charge is 0.493 e. The third kappa shape index (κ3) is 8.41. The molecule has 1 aromatic carbocycles. The lowest BCUT2D eigenvalue weighted by Gasteiger charge is -2.29. The number of cyclic esters (lactones) is 2. The van der Waals surface area contributed by atoms with Crippen LogP contribution in [0.15, 0.2) is 42.6 Å². The van der Waals surface area contributed by atoms with Gasteiger partial charge in [0.2, 0.25) is 6.79 Å². The summed E-state index contributed by atoms with van der Waals surface area (Å²) in [5.74, 6) is -5.31. The number of ether oxygens (including phenoxy) is 6. The molecule has 42 heavy (non-hydrogen) atoms. The highest BCUT2D eigenvalue weighted by Crippen LogP contribution is 2.30. The predicted octanol–water partition coefficient (Wildman–Crippen LogP) is 2.00. The molecule has 0 bridgehead atoms. The van der Waals surface area contributed by atoms with Gasteiger partial charge in [-0.15, -0.1) is 0 Å². The van der Waals surface area contributed by atoms with Crippen LogP contribution in [0.2, 0.25) is 0 Å². The normalized spacial score (nSPS) is 20.6. The van der Waals surface area contributed by atoms with E-state index in [1.54, 1.807) is 26.0 Å². The van der Waals surface area contributed by atoms with Gasteiger partial charge >= 0.3 is 23.9 Å². The van der Waals surface area contributed by atoms with Crippen molar-refractivity contribution in [1.29, 1.82) is 0 Å². The van der Waals surface area contributed by atoms with Crippen molar-refractivity contribution in [3.05, 3.63) is 53.9 Å². The lowest BCUT2D eigenvalue weighted by molar-refractivity contribution is -0.176. The fourth-order valence-electron chi connectivity index (χ4n) is 4.04. The summed E-state index contributed by atoms with van der Waals surface area (Å²) in [6.45, 7) is 4.86. The van der Waals surface area contributed by atoms with Crippen LogP contribution in [0, 0.1) is 11.8 Å². The number of esters is 4. The average molecular weight is 587 g/mol. The first-order valence-corrected chi connectivity index (χ1v) is 13.2. The van der Waals surface area contributed by atoms with Gasteiger partial charge in [0.1, 0.15) is 18.6 Å². The van der Waals surface area contributed by atoms with Crippen LogP contribution in [0.4, 0.5) is 0 Å². The first-order chi connectivity index (χ1) is 20.0. The minimum Gasteiger partial charge on any atom is -0.493 e. The molecule has 0 aliphatic carbocycles. The maximum absolute atomic E-state index is 13.4. The molecule has 0 spiro atoms. The van der Waals surface area contributed by atoms with Crippen molar-refractivity contribution in [3.8, 4) is 11.5 Å². The average Bonchev–Trinajstić information content (AvgIpc) is 2.99. The molecule has 1 N–H and O–H groups in total. The van der Waals surface area contributed by atoms with Crippen LogP contribution in [0.25, 0.3) is 0 Å². The third-order valence-electron chi connectivity index (χ3n) is 6.24. The molecule has 13 nitrogen and oxygen atoms in total. The van der Waals surface area contributed by atoms with Gasteiger partial charge in [0, 0.05) is 19.2 Å². The molecule has 1 amide bonds. The Kier molecular flexibility index (Phi) is 11.2. The van der Waals surface area contributed by atoms with Crippen molar-refractivity contribution >= 4 is 29.8 Å². The number of carbonyl (C=O) groups is 5. The molecule has 1 fully saturated rings. The Bertz CT molecular complexity index is 1280. The Morgan fingerprint density at radius 2 is 1.81 bits per heavy atom. The SMILES string of the molecule is COc1ccnc(C(=O)N[C@H]2COC(=O)C(Cc3ccccc3)[C@@H](OC(=O)C(C)C)C(C)OC2=O)c1OCOC(C)=O. The number of carbonyl (C=O) groups excluding carboxylic acids is 5. The van der Waals surface area contributed by atoms with E-state index in [4.69, 9.17) is 28.4 Å². The van der Waals surface area contributed by atoms with Crippen molar-refractivity contribution in [2.24, 2.45) is 11.8 Å². The molecule has 1 aliphatic heterocycles. The molecule has 2 heterocycles. The summed E-state index contributed by atoms with van der Waals surface area (Å²) in [5.41, 5.74) is 0.484. The molecule has 0 radical (unpaired) electrons. The first-order valence-electron chi connectivity index (χ1n) is 13.2. The summed E-state index contributed by atoms with van der Waals surface area (Å²) in [6, 6.07) is 9.02. The van der Waals surface area contributed by atoms with Crippen LogP contribution in [0.3, 0.4) is 0 Å². The fraction of sp³-hybridized carbons (Fsp3) is 0.448. The molecule has 4 atom stereocenters. The molecule has 226 valence electrons. The number of methoxy groups -OCH3 is 1. The van der Waals surface area contributed by atoms with Gasteiger partial charge in [-0.2, -0.15) is 0 Å². The lowest BCUT2D eigenvalue weighted by atomic mass is 9.91. The highest BCUT2D eigenvalue weighted by molar-refractivity contribution is 5.98. The molecule has 1 aromatic heterocycles. The Hall–Kier alpha value is -4.68. The van der Waals surface area contributed by atoms with E-state index in [2.05, 4.69) is 10.3 Å². The van der Waals surface area contributed by atoms with Crippen molar-refractivity contribution in [3.63, 3.8) is 0 Å². The summed E-state index contributed by atoms with van der Waals surface area (Å²) < 4.78 is 32.1. The van der Waals surface area contributed by atoms with E-state index in [0.29, 0.717) is 0 Å². The summed E-state index contributed by atoms with van der Waals surface area (Å²) >= 11 is 0. The number of rotatable bonds is 10. The maximum Gasteiger partial charge on any atom is 0.332 e. The molecular weight excluding hydrogens is 552 g/mol. The molecule has 13 heteroatoms. The second-order valence-corrected chi connectivity index (χ2v) is 9.74. The summed E-state index contributed by atoms with van der Waals surface area (Å²) in [5, 5.41) is 2.45. The van der Waals surface area contributed by atoms with Crippen LogP contribution in [0.5, 0.6) is 11.5 Å². The Labute approximate surface area is 242 Å². The monoisotopic (exact) mass is 586 g/mol. The summed E-state index contributed by atoms with van der Waals surface area (Å²) in [4.78, 5) is 67.5. The van der Waals surface area contributed by atoms with E-state index in [1.165, 1.54) is 33.2 Å². The number of hydrogen-bond acceptors (Lipinski definition) is 12. The second kappa shape index (κ2) is 14.8. The molecule has 3 rings (SSSR count). The number of nitrogens with one attached hydrogen (secondary N) is 1. The van der Waals surface area contributed by atoms with Crippen LogP contribution in [-0.2, 0) is 44.5 Å². The van der Waals surface area contributed by atoms with Gasteiger partial charge < -0.3 is 33.7 Å². The zero-order valence-electron chi connectivity index (χ0n) is 24.0. The van der Waals surface area contributed by atoms with E-state index in [-0.39, 0.29) is 23.6 Å². The van der Waals surface area contributed by atoms with Gasteiger partial charge in [0.25, 0.3) is 5.91 Å². The van der Waals surface area contributed by atoms with E-state index in [0.717, 1.165) is 5.56 Å². The van der Waals surface area contributed by atoms with Crippen molar-refractivity contribution < 1.29 is 52.4 Å². The number of benzene rings is 1. The van der Waals surface area contributed by atoms with E-state index >= 15 is 0 Å². The Balaban J connectivity index is 1.87. The number of aromatic nitrogens is 1. The molecular formula is C29H34N2O11. The predicted molar refractivity (Wildman–Crippen MR) is 144 cm³/mol. The van der Waals surface area contributed by atoms with Crippen molar-refractivity contribution in [2.75, 3.05) is 20.5 Å². The zero-order valence-corrected chi connectivity index (χ0v) is 24.0. The number of hydrogen-bond donors (Lipinski definition) is 1. The molecule has 2 unspecified atom stereocenters. The van der Waals surface area contributed by atoms with Gasteiger partial charge in [-0.05, 0) is 18.9 Å². The van der Waals surface area contributed by atoms with Crippen LogP contribution < -0.4 is 14.8 Å². The quantitative estimate of drug-likeness (QED) is 0.245. The minimum absolute atomic E-state index is 0.109. The highest BCUT2D eigenvalue weighted by atomic mass is 16.7. The van der Waals surface area contributed by atoms with Gasteiger partial charge in [0.05, 0.1) is 13.0 Å². The summed E-state index contributed by atoms with van der Waals surface area (Å²) in [6.07, 6.45) is -0.813. The third-order valence-corrected chi connectivity index (χ3v) is 6.24. The number of amides is 1. The molecule has 2 aromatic rings. The number of pyridine rings is 1. The smallest absolute Gasteiger partial charge is 0.332 e. The van der Waals surface area contributed by atoms with E-state index in [1.807, 2.05) is 18.2 Å². The topological polar surface area (TPSA) is 166 Å². The van der Waals surface area contributed by atoms with Crippen molar-refractivity contribution in [1.82, 2.24) is 10.3 Å². The zero-order chi connectivity index (χ0) is 30.8. The minimum atomic E-state index is -1.45. The number of nitrogens with zero attached hydrogens (tertiary/aromatic N) is 1. The van der Waals surface area contributed by atoms with Gasteiger partial charge in [-0.1, -0.05) is 44.2 Å². The standard InChI is InChI=1S/C29H34N2O11/c1-16(2)27(34)42-24-17(3)41-29(36)21(14-38-28(35)20(24)13-19-9-7-6-8-10-19)31-26(33)23-25(40-15-39-18(4)32)22(37-5)11-12-30-23/h6-12,16-17,20-21,24H,13-15H2,1-5H3,(H,31,33)/t17?,20?,21-,24-/m0/s1. The van der Waals surface area contributed by atoms with Crippen molar-refractivity contribution in [2.45, 2.75) is 52.4 Å². The van der Waals surface area contributed by atoms with Gasteiger partial charge in [-0.25, -0.2) is 9.78 Å². The second-order valence-electron chi connectivity index (χ2n) is 9.74. The fourth-order valence-corrected chi connectivity index (χ4v) is 4.04. The Morgan fingerprint density at radius 1 is 1.10 bits per heavy atom. The van der Waals surface area contributed by atoms with E-state index in [9.17, 15) is 24.0 Å². The van der Waals surface area contributed by atoms with Crippen LogP contribution in [0.1, 0.15) is 43.7 Å². The summed E-state index contributed by atoms with van der Waals surface area (Å²) in [7, 11) is 1.33.